The monoisotopic (exact) mass is 270 g/mol. The second-order valence-corrected chi connectivity index (χ2v) is 5.50. The molecule has 0 aliphatic heterocycles. The van der Waals surface area contributed by atoms with Crippen LogP contribution in [0.15, 0.2) is 12.1 Å². The molecule has 0 aliphatic carbocycles. The first-order chi connectivity index (χ1) is 8.21. The number of rotatable bonds is 5. The van der Waals surface area contributed by atoms with Crippen LogP contribution in [0.5, 0.6) is 5.75 Å². The van der Waals surface area contributed by atoms with E-state index < -0.39 is 11.6 Å². The van der Waals surface area contributed by atoms with Crippen molar-refractivity contribution in [1.29, 1.82) is 0 Å². The van der Waals surface area contributed by atoms with Gasteiger partial charge in [0.15, 0.2) is 0 Å². The molecule has 1 N–H and O–H groups in total. The summed E-state index contributed by atoms with van der Waals surface area (Å²) < 4.78 is 5.85. The van der Waals surface area contributed by atoms with Crippen molar-refractivity contribution in [3.8, 4) is 5.75 Å². The number of carboxylic acid groups (broad SMARTS) is 1. The predicted octanol–water partition coefficient (Wildman–Crippen LogP) is 3.98. The number of ether oxygens (including phenoxy) is 1. The van der Waals surface area contributed by atoms with Gasteiger partial charge in [-0.2, -0.15) is 0 Å². The van der Waals surface area contributed by atoms with Gasteiger partial charge in [0.25, 0.3) is 0 Å². The fourth-order valence-corrected chi connectivity index (χ4v) is 1.85. The molecule has 0 saturated carbocycles. The Morgan fingerprint density at radius 3 is 2.28 bits per heavy atom. The average Bonchev–Trinajstić information content (AvgIpc) is 2.22. The van der Waals surface area contributed by atoms with Gasteiger partial charge in [-0.1, -0.05) is 11.6 Å². The minimum atomic E-state index is -0.810. The zero-order chi connectivity index (χ0) is 13.9. The largest absolute Gasteiger partial charge is 0.488 e. The van der Waals surface area contributed by atoms with Crippen LogP contribution in [0.3, 0.4) is 0 Å². The summed E-state index contributed by atoms with van der Waals surface area (Å²) in [7, 11) is 0. The number of benzene rings is 1. The molecule has 1 rings (SSSR count). The standard InChI is InChI=1S/C14H19ClO3/c1-9-7-11(8-10(2)13(9)15)18-14(3,4)6-5-12(16)17/h7-8H,5-6H2,1-4H3,(H,16,17). The van der Waals surface area contributed by atoms with E-state index in [9.17, 15) is 4.79 Å². The number of carboxylic acids is 1. The molecule has 0 unspecified atom stereocenters. The first-order valence-electron chi connectivity index (χ1n) is 5.89. The Morgan fingerprint density at radius 1 is 1.33 bits per heavy atom. The number of halogens is 1. The SMILES string of the molecule is Cc1cc(OC(C)(C)CCC(=O)O)cc(C)c1Cl. The normalized spacial score (nSPS) is 11.4. The lowest BCUT2D eigenvalue weighted by molar-refractivity contribution is -0.138. The topological polar surface area (TPSA) is 46.5 Å². The van der Waals surface area contributed by atoms with E-state index in [1.54, 1.807) is 0 Å². The number of hydrogen-bond donors (Lipinski definition) is 1. The first kappa shape index (κ1) is 14.8. The Balaban J connectivity index is 2.80. The minimum Gasteiger partial charge on any atom is -0.488 e. The van der Waals surface area contributed by atoms with Crippen LogP contribution in [0.1, 0.15) is 37.8 Å². The third-order valence-electron chi connectivity index (χ3n) is 2.75. The highest BCUT2D eigenvalue weighted by molar-refractivity contribution is 6.32. The van der Waals surface area contributed by atoms with E-state index in [4.69, 9.17) is 21.4 Å². The highest BCUT2D eigenvalue weighted by Gasteiger charge is 2.21. The zero-order valence-corrected chi connectivity index (χ0v) is 12.0. The second-order valence-electron chi connectivity index (χ2n) is 5.13. The first-order valence-corrected chi connectivity index (χ1v) is 6.26. The Morgan fingerprint density at radius 2 is 1.83 bits per heavy atom. The van der Waals surface area contributed by atoms with Gasteiger partial charge in [0.2, 0.25) is 0 Å². The van der Waals surface area contributed by atoms with Crippen molar-refractivity contribution >= 4 is 17.6 Å². The summed E-state index contributed by atoms with van der Waals surface area (Å²) in [5.41, 5.74) is 1.41. The van der Waals surface area contributed by atoms with Gasteiger partial charge in [0.1, 0.15) is 11.4 Å². The molecule has 0 amide bonds. The molecule has 0 radical (unpaired) electrons. The Labute approximate surface area is 113 Å². The lowest BCUT2D eigenvalue weighted by Gasteiger charge is -2.26. The lowest BCUT2D eigenvalue weighted by atomic mass is 10.0. The van der Waals surface area contributed by atoms with Gasteiger partial charge < -0.3 is 9.84 Å². The average molecular weight is 271 g/mol. The van der Waals surface area contributed by atoms with Gasteiger partial charge in [-0.3, -0.25) is 4.79 Å². The van der Waals surface area contributed by atoms with Gasteiger partial charge in [-0.05, 0) is 57.4 Å². The molecule has 4 heteroatoms. The third kappa shape index (κ3) is 4.22. The number of aryl methyl sites for hydroxylation is 2. The molecule has 0 atom stereocenters. The smallest absolute Gasteiger partial charge is 0.303 e. The predicted molar refractivity (Wildman–Crippen MR) is 72.5 cm³/mol. The molecule has 0 aromatic heterocycles. The van der Waals surface area contributed by atoms with Crippen LogP contribution in [-0.4, -0.2) is 16.7 Å². The fourth-order valence-electron chi connectivity index (χ4n) is 1.74. The van der Waals surface area contributed by atoms with Crippen molar-refractivity contribution in [2.24, 2.45) is 0 Å². The molecule has 0 bridgehead atoms. The van der Waals surface area contributed by atoms with Crippen LogP contribution in [0.25, 0.3) is 0 Å². The van der Waals surface area contributed by atoms with Gasteiger partial charge in [-0.25, -0.2) is 0 Å². The zero-order valence-electron chi connectivity index (χ0n) is 11.2. The summed E-state index contributed by atoms with van der Waals surface area (Å²) in [6, 6.07) is 3.75. The maximum Gasteiger partial charge on any atom is 0.303 e. The van der Waals surface area contributed by atoms with Gasteiger partial charge >= 0.3 is 5.97 Å². The van der Waals surface area contributed by atoms with Crippen molar-refractivity contribution in [3.05, 3.63) is 28.3 Å². The summed E-state index contributed by atoms with van der Waals surface area (Å²) in [5.74, 6) is -0.0834. The maximum atomic E-state index is 10.6. The maximum absolute atomic E-state index is 10.6. The summed E-state index contributed by atoms with van der Waals surface area (Å²) >= 11 is 6.09. The van der Waals surface area contributed by atoms with Gasteiger partial charge in [0, 0.05) is 11.4 Å². The van der Waals surface area contributed by atoms with E-state index in [1.807, 2.05) is 39.8 Å². The van der Waals surface area contributed by atoms with Crippen molar-refractivity contribution < 1.29 is 14.6 Å². The molecule has 0 heterocycles. The van der Waals surface area contributed by atoms with E-state index in [-0.39, 0.29) is 6.42 Å². The quantitative estimate of drug-likeness (QED) is 0.880. The number of carbonyl (C=O) groups is 1. The van der Waals surface area contributed by atoms with Crippen LogP contribution < -0.4 is 4.74 Å². The van der Waals surface area contributed by atoms with E-state index in [1.165, 1.54) is 0 Å². The summed E-state index contributed by atoms with van der Waals surface area (Å²) in [4.78, 5) is 10.6. The summed E-state index contributed by atoms with van der Waals surface area (Å²) in [5, 5.41) is 9.44. The molecule has 18 heavy (non-hydrogen) atoms. The molecule has 100 valence electrons. The van der Waals surface area contributed by atoms with Gasteiger partial charge in [0.05, 0.1) is 0 Å². The Kier molecular flexibility index (Phi) is 4.63. The Hall–Kier alpha value is -1.22. The highest BCUT2D eigenvalue weighted by Crippen LogP contribution is 2.29. The summed E-state index contributed by atoms with van der Waals surface area (Å²) in [6.07, 6.45) is 0.557. The molecule has 0 saturated heterocycles. The van der Waals surface area contributed by atoms with Gasteiger partial charge in [-0.15, -0.1) is 0 Å². The van der Waals surface area contributed by atoms with E-state index >= 15 is 0 Å². The number of aliphatic carboxylic acids is 1. The molecule has 0 fully saturated rings. The molecule has 1 aromatic rings. The third-order valence-corrected chi connectivity index (χ3v) is 3.34. The molecular weight excluding hydrogens is 252 g/mol. The van der Waals surface area contributed by atoms with Crippen molar-refractivity contribution in [1.82, 2.24) is 0 Å². The van der Waals surface area contributed by atoms with E-state index in [2.05, 4.69) is 0 Å². The minimum absolute atomic E-state index is 0.0958. The highest BCUT2D eigenvalue weighted by atomic mass is 35.5. The van der Waals surface area contributed by atoms with Crippen LogP contribution in [0.2, 0.25) is 5.02 Å². The Bertz CT molecular complexity index is 429. The van der Waals surface area contributed by atoms with Crippen LogP contribution in [0.4, 0.5) is 0 Å². The number of hydrogen-bond acceptors (Lipinski definition) is 2. The van der Waals surface area contributed by atoms with Crippen LogP contribution in [-0.2, 0) is 4.79 Å². The lowest BCUT2D eigenvalue weighted by Crippen LogP contribution is -2.29. The van der Waals surface area contributed by atoms with E-state index in [0.29, 0.717) is 6.42 Å². The fraction of sp³-hybridized carbons (Fsp3) is 0.500. The molecule has 3 nitrogen and oxygen atoms in total. The van der Waals surface area contributed by atoms with Crippen molar-refractivity contribution in [3.63, 3.8) is 0 Å². The summed E-state index contributed by atoms with van der Waals surface area (Å²) in [6.45, 7) is 7.61. The molecule has 0 aliphatic rings. The van der Waals surface area contributed by atoms with Crippen LogP contribution in [0, 0.1) is 13.8 Å². The van der Waals surface area contributed by atoms with Crippen molar-refractivity contribution in [2.75, 3.05) is 0 Å². The van der Waals surface area contributed by atoms with Crippen molar-refractivity contribution in [2.45, 2.75) is 46.1 Å². The molecular formula is C14H19ClO3. The second kappa shape index (κ2) is 5.61. The molecule has 1 aromatic carbocycles. The van der Waals surface area contributed by atoms with E-state index in [0.717, 1.165) is 21.9 Å². The molecule has 0 spiro atoms. The van der Waals surface area contributed by atoms with Crippen LogP contribution >= 0.6 is 11.6 Å².